The van der Waals surface area contributed by atoms with E-state index in [1.807, 2.05) is 0 Å². The van der Waals surface area contributed by atoms with Gasteiger partial charge in [0, 0.05) is 0 Å². The number of hydrogen-bond acceptors (Lipinski definition) is 4. The molecule has 0 N–H and O–H groups in total. The van der Waals surface area contributed by atoms with Gasteiger partial charge in [0.05, 0.1) is 7.11 Å². The first kappa shape index (κ1) is 7.74. The van der Waals surface area contributed by atoms with Gasteiger partial charge in [0.1, 0.15) is 0 Å². The van der Waals surface area contributed by atoms with Crippen molar-refractivity contribution in [3.8, 4) is 0 Å². The van der Waals surface area contributed by atoms with Gasteiger partial charge >= 0.3 is 12.1 Å². The van der Waals surface area contributed by atoms with Crippen molar-refractivity contribution in [1.82, 2.24) is 0 Å². The van der Waals surface area contributed by atoms with Crippen LogP contribution in [0, 0.1) is 0 Å². The second-order valence-corrected chi connectivity index (χ2v) is 1.11. The molecule has 0 bridgehead atoms. The van der Waals surface area contributed by atoms with E-state index in [4.69, 9.17) is 0 Å². The first-order chi connectivity index (χ1) is 4.16. The molecule has 0 aromatic heterocycles. The Morgan fingerprint density at radius 2 is 2.00 bits per heavy atom. The first-order valence-corrected chi connectivity index (χ1v) is 2.07. The molecule has 1 radical (unpaired) electrons. The van der Waals surface area contributed by atoms with Gasteiger partial charge in [0.25, 0.3) is 0 Å². The van der Waals surface area contributed by atoms with Crippen LogP contribution in [0.1, 0.15) is 0 Å². The summed E-state index contributed by atoms with van der Waals surface area (Å²) in [7, 11) is 1.13. The summed E-state index contributed by atoms with van der Waals surface area (Å²) in [5.41, 5.74) is 0. The van der Waals surface area contributed by atoms with Gasteiger partial charge < -0.3 is 9.47 Å². The smallest absolute Gasteiger partial charge is 0.466 e. The van der Waals surface area contributed by atoms with Crippen molar-refractivity contribution in [3.05, 3.63) is 0 Å². The molecule has 0 aliphatic heterocycles. The lowest BCUT2D eigenvalue weighted by Gasteiger charge is -1.94. The van der Waals surface area contributed by atoms with Crippen LogP contribution in [0.4, 0.5) is 4.79 Å². The van der Waals surface area contributed by atoms with E-state index < -0.39 is 18.7 Å². The molecule has 0 rings (SSSR count). The molecular weight excluding hydrogens is 128 g/mol. The van der Waals surface area contributed by atoms with Gasteiger partial charge in [-0.2, -0.15) is 9.90 Å². The zero-order chi connectivity index (χ0) is 7.28. The van der Waals surface area contributed by atoms with Crippen molar-refractivity contribution < 1.29 is 24.2 Å². The second kappa shape index (κ2) is 3.71. The highest BCUT2D eigenvalue weighted by Crippen LogP contribution is 1.78. The van der Waals surface area contributed by atoms with Crippen LogP contribution in [0.15, 0.2) is 0 Å². The van der Waals surface area contributed by atoms with Crippen LogP contribution in [-0.2, 0) is 19.4 Å². The number of rotatable bonds is 2. The van der Waals surface area contributed by atoms with E-state index in [0.717, 1.165) is 7.11 Å². The molecule has 0 amide bonds. The molecule has 0 saturated carbocycles. The Kier molecular flexibility index (Phi) is 3.19. The number of carbonyl (C=O) groups is 2. The van der Waals surface area contributed by atoms with Crippen molar-refractivity contribution in [2.45, 2.75) is 0 Å². The summed E-state index contributed by atoms with van der Waals surface area (Å²) in [6.45, 7) is -0.612. The van der Waals surface area contributed by atoms with Gasteiger partial charge in [-0.05, 0) is 0 Å². The molecule has 0 unspecified atom stereocenters. The van der Waals surface area contributed by atoms with Crippen LogP contribution < -0.4 is 0 Å². The van der Waals surface area contributed by atoms with E-state index >= 15 is 0 Å². The van der Waals surface area contributed by atoms with Gasteiger partial charge in [-0.3, -0.25) is 0 Å². The van der Waals surface area contributed by atoms with E-state index in [1.165, 1.54) is 0 Å². The lowest BCUT2D eigenvalue weighted by Crippen LogP contribution is -2.12. The molecule has 5 nitrogen and oxygen atoms in total. The van der Waals surface area contributed by atoms with E-state index in [1.54, 1.807) is 0 Å². The summed E-state index contributed by atoms with van der Waals surface area (Å²) in [4.78, 5) is 19.6. The highest BCUT2D eigenvalue weighted by atomic mass is 16.7. The Balaban J connectivity index is 3.28. The fourth-order valence-electron chi connectivity index (χ4n) is 0.177. The predicted molar refractivity (Wildman–Crippen MR) is 24.1 cm³/mol. The summed E-state index contributed by atoms with van der Waals surface area (Å²) in [6, 6.07) is 0. The Bertz CT molecular complexity index is 118. The molecular formula is C4H5O5. The zero-order valence-electron chi connectivity index (χ0n) is 4.75. The maximum atomic E-state index is 10.1. The Morgan fingerprint density at radius 1 is 1.44 bits per heavy atom. The number of ether oxygens (including phenoxy) is 2. The number of esters is 1. The summed E-state index contributed by atoms with van der Waals surface area (Å²) in [6.07, 6.45) is -1.74. The monoisotopic (exact) mass is 133 g/mol. The fraction of sp³-hybridized carbons (Fsp3) is 0.500. The third-order valence-electron chi connectivity index (χ3n) is 0.536. The van der Waals surface area contributed by atoms with E-state index in [9.17, 15) is 14.7 Å². The molecule has 0 atom stereocenters. The van der Waals surface area contributed by atoms with Gasteiger partial charge in [0.15, 0.2) is 6.61 Å². The van der Waals surface area contributed by atoms with E-state index in [-0.39, 0.29) is 0 Å². The molecule has 0 saturated heterocycles. The quantitative estimate of drug-likeness (QED) is 0.486. The highest BCUT2D eigenvalue weighted by molar-refractivity contribution is 5.72. The number of methoxy groups -OCH3 is 1. The standard InChI is InChI=1S/C4H5O5/c1-8-3(5)2-9-4(6)7/h2H2,1H3. The van der Waals surface area contributed by atoms with Crippen LogP contribution in [0.3, 0.4) is 0 Å². The number of carbonyl (C=O) groups excluding carboxylic acids is 2. The molecule has 5 heteroatoms. The van der Waals surface area contributed by atoms with E-state index in [2.05, 4.69) is 9.47 Å². The molecule has 0 aliphatic carbocycles. The SMILES string of the molecule is COC(=O)COC([O])=O. The maximum absolute atomic E-state index is 10.1. The van der Waals surface area contributed by atoms with Crippen LogP contribution in [0.2, 0.25) is 0 Å². The normalized spacial score (nSPS) is 8.11. The van der Waals surface area contributed by atoms with Crippen molar-refractivity contribution in [2.75, 3.05) is 13.7 Å². The molecule has 51 valence electrons. The third kappa shape index (κ3) is 4.60. The molecule has 0 heterocycles. The summed E-state index contributed by atoms with van der Waals surface area (Å²) in [5, 5.41) is 9.48. The second-order valence-electron chi connectivity index (χ2n) is 1.11. The van der Waals surface area contributed by atoms with Crippen molar-refractivity contribution in [1.29, 1.82) is 0 Å². The van der Waals surface area contributed by atoms with Crippen LogP contribution in [0.5, 0.6) is 0 Å². The molecule has 0 aromatic rings. The summed E-state index contributed by atoms with van der Waals surface area (Å²) >= 11 is 0. The molecule has 9 heavy (non-hydrogen) atoms. The molecule has 0 aromatic carbocycles. The maximum Gasteiger partial charge on any atom is 0.550 e. The summed E-state index contributed by atoms with van der Waals surface area (Å²) in [5.74, 6) is -0.751. The predicted octanol–water partition coefficient (Wildman–Crippen LogP) is -0.274. The van der Waals surface area contributed by atoms with Gasteiger partial charge in [0.2, 0.25) is 0 Å². The van der Waals surface area contributed by atoms with E-state index in [0.29, 0.717) is 0 Å². The molecule has 0 fully saturated rings. The Hall–Kier alpha value is -1.26. The Labute approximate surface area is 51.2 Å². The third-order valence-corrected chi connectivity index (χ3v) is 0.536. The molecule has 0 aliphatic rings. The largest absolute Gasteiger partial charge is 0.550 e. The minimum absolute atomic E-state index is 0.612. The highest BCUT2D eigenvalue weighted by Gasteiger charge is 2.04. The van der Waals surface area contributed by atoms with Gasteiger partial charge in [-0.25, -0.2) is 4.79 Å². The minimum Gasteiger partial charge on any atom is -0.466 e. The minimum atomic E-state index is -1.74. The van der Waals surface area contributed by atoms with Crippen molar-refractivity contribution in [2.24, 2.45) is 0 Å². The lowest BCUT2D eigenvalue weighted by molar-refractivity contribution is -0.144. The van der Waals surface area contributed by atoms with Gasteiger partial charge in [-0.1, -0.05) is 0 Å². The first-order valence-electron chi connectivity index (χ1n) is 2.07. The van der Waals surface area contributed by atoms with Crippen LogP contribution >= 0.6 is 0 Å². The topological polar surface area (TPSA) is 72.5 Å². The Morgan fingerprint density at radius 3 is 2.33 bits per heavy atom. The van der Waals surface area contributed by atoms with Crippen molar-refractivity contribution >= 4 is 12.1 Å². The zero-order valence-corrected chi connectivity index (χ0v) is 4.75. The fourth-order valence-corrected chi connectivity index (χ4v) is 0.177. The average Bonchev–Trinajstić information content (AvgIpc) is 1.83. The van der Waals surface area contributed by atoms with Crippen LogP contribution in [-0.4, -0.2) is 25.8 Å². The van der Waals surface area contributed by atoms with Crippen molar-refractivity contribution in [3.63, 3.8) is 0 Å². The van der Waals surface area contributed by atoms with Crippen LogP contribution in [0.25, 0.3) is 0 Å². The van der Waals surface area contributed by atoms with Gasteiger partial charge in [-0.15, -0.1) is 0 Å². The lowest BCUT2D eigenvalue weighted by atomic mass is 10.7. The number of hydrogen-bond donors (Lipinski definition) is 0. The average molecular weight is 133 g/mol. The molecule has 0 spiro atoms. The summed E-state index contributed by atoms with van der Waals surface area (Å²) < 4.78 is 7.77.